The number of hydrogen-bond donors (Lipinski definition) is 2. The van der Waals surface area contributed by atoms with Crippen LogP contribution in [0.3, 0.4) is 0 Å². The van der Waals surface area contributed by atoms with Crippen LogP contribution in [-0.4, -0.2) is 58.6 Å². The summed E-state index contributed by atoms with van der Waals surface area (Å²) in [4.78, 5) is 38.4. The van der Waals surface area contributed by atoms with Crippen LogP contribution in [0.15, 0.2) is 18.2 Å². The monoisotopic (exact) mass is 480 g/mol. The maximum absolute atomic E-state index is 15.2. The second-order valence-corrected chi connectivity index (χ2v) is 9.95. The van der Waals surface area contributed by atoms with Crippen LogP contribution in [0, 0.1) is 11.7 Å². The molecule has 2 aliphatic heterocycles. The lowest BCUT2D eigenvalue weighted by atomic mass is 10.1. The Hall–Kier alpha value is -3.27. The van der Waals surface area contributed by atoms with Crippen LogP contribution in [0.25, 0.3) is 11.4 Å². The maximum atomic E-state index is 15.2. The van der Waals surface area contributed by atoms with Gasteiger partial charge in [-0.2, -0.15) is 0 Å². The average Bonchev–Trinajstić information content (AvgIpc) is 3.77. The van der Waals surface area contributed by atoms with Gasteiger partial charge in [0.1, 0.15) is 11.6 Å². The molecule has 1 atom stereocenters. The molecule has 9 nitrogen and oxygen atoms in total. The normalized spacial score (nSPS) is 21.6. The number of carbonyl (C=O) groups excluding carboxylic acids is 2. The number of hydrogen-bond acceptors (Lipinski definition) is 6. The molecule has 3 heterocycles. The topological polar surface area (TPSA) is 99.7 Å². The molecule has 2 saturated carbocycles. The van der Waals surface area contributed by atoms with Gasteiger partial charge in [-0.3, -0.25) is 4.79 Å². The van der Waals surface area contributed by atoms with E-state index >= 15 is 4.39 Å². The number of urea groups is 1. The number of rotatable bonds is 5. The van der Waals surface area contributed by atoms with E-state index in [1.54, 1.807) is 12.1 Å². The van der Waals surface area contributed by atoms with Crippen LogP contribution < -0.4 is 15.5 Å². The molecule has 3 fully saturated rings. The van der Waals surface area contributed by atoms with Gasteiger partial charge in [0.2, 0.25) is 5.91 Å². The van der Waals surface area contributed by atoms with Crippen molar-refractivity contribution < 1.29 is 18.7 Å². The van der Waals surface area contributed by atoms with E-state index in [0.29, 0.717) is 38.5 Å². The lowest BCUT2D eigenvalue weighted by Gasteiger charge is -2.35. The third-order valence-corrected chi connectivity index (χ3v) is 7.02. The standard InChI is InChI=1S/C25H29FN6O3/c1-14-13-35-9-8-32(14)23-19-11-31(24(33)15-2-3-15)12-21(19)29-22(30-23)18-7-6-17(10-20(18)26)28-25(34)27-16-4-5-16/h6-7,10,14-16H,2-5,8-9,11-13H2,1H3,(H2,27,28,34). The van der Waals surface area contributed by atoms with Crippen molar-refractivity contribution in [2.45, 2.75) is 57.8 Å². The Morgan fingerprint density at radius 1 is 1.14 bits per heavy atom. The summed E-state index contributed by atoms with van der Waals surface area (Å²) in [5.41, 5.74) is 2.33. The summed E-state index contributed by atoms with van der Waals surface area (Å²) in [7, 11) is 0. The number of aromatic nitrogens is 2. The molecular weight excluding hydrogens is 451 g/mol. The van der Waals surface area contributed by atoms with Crippen LogP contribution in [-0.2, 0) is 22.6 Å². The van der Waals surface area contributed by atoms with Crippen molar-refractivity contribution in [1.82, 2.24) is 20.2 Å². The highest BCUT2D eigenvalue weighted by Crippen LogP contribution is 2.38. The Kier molecular flexibility index (Phi) is 5.55. The summed E-state index contributed by atoms with van der Waals surface area (Å²) in [5.74, 6) is 0.801. The molecule has 0 bridgehead atoms. The Balaban J connectivity index is 1.32. The summed E-state index contributed by atoms with van der Waals surface area (Å²) in [6, 6.07) is 4.52. The molecule has 1 aromatic heterocycles. The zero-order valence-electron chi connectivity index (χ0n) is 19.7. The molecule has 0 radical (unpaired) electrons. The summed E-state index contributed by atoms with van der Waals surface area (Å²) in [6.07, 6.45) is 3.84. The SMILES string of the molecule is CC1COCCN1c1nc(-c2ccc(NC(=O)NC3CC3)cc2F)nc2c1CN(C(=O)C1CC1)C2. The number of carbonyl (C=O) groups is 2. The first-order valence-electron chi connectivity index (χ1n) is 12.4. The summed E-state index contributed by atoms with van der Waals surface area (Å²) >= 11 is 0. The Morgan fingerprint density at radius 2 is 1.97 bits per heavy atom. The van der Waals surface area contributed by atoms with E-state index in [-0.39, 0.29) is 41.3 Å². The minimum absolute atomic E-state index is 0.102. The first-order valence-corrected chi connectivity index (χ1v) is 12.4. The van der Waals surface area contributed by atoms with Gasteiger partial charge in [0, 0.05) is 29.8 Å². The van der Waals surface area contributed by atoms with Gasteiger partial charge in [0.25, 0.3) is 0 Å². The van der Waals surface area contributed by atoms with Gasteiger partial charge < -0.3 is 25.2 Å². The highest BCUT2D eigenvalue weighted by atomic mass is 19.1. The molecule has 1 unspecified atom stereocenters. The number of anilines is 2. The van der Waals surface area contributed by atoms with Crippen LogP contribution >= 0.6 is 0 Å². The quantitative estimate of drug-likeness (QED) is 0.683. The predicted octanol–water partition coefficient (Wildman–Crippen LogP) is 3.04. The van der Waals surface area contributed by atoms with Crippen molar-refractivity contribution in [3.8, 4) is 11.4 Å². The maximum Gasteiger partial charge on any atom is 0.319 e. The van der Waals surface area contributed by atoms with E-state index in [2.05, 4.69) is 22.5 Å². The van der Waals surface area contributed by atoms with E-state index in [9.17, 15) is 9.59 Å². The van der Waals surface area contributed by atoms with E-state index in [0.717, 1.165) is 42.8 Å². The fourth-order valence-corrected chi connectivity index (χ4v) is 4.74. The van der Waals surface area contributed by atoms with E-state index in [1.165, 1.54) is 6.07 Å². The van der Waals surface area contributed by atoms with Gasteiger partial charge in [-0.1, -0.05) is 0 Å². The molecule has 1 saturated heterocycles. The number of amides is 3. The zero-order chi connectivity index (χ0) is 24.1. The van der Waals surface area contributed by atoms with Gasteiger partial charge in [-0.05, 0) is 50.8 Å². The number of fused-ring (bicyclic) bond motifs is 1. The van der Waals surface area contributed by atoms with Crippen LogP contribution in [0.1, 0.15) is 43.9 Å². The van der Waals surface area contributed by atoms with E-state index in [1.807, 2.05) is 4.90 Å². The minimum atomic E-state index is -0.515. The number of morpholine rings is 1. The molecular formula is C25H29FN6O3. The van der Waals surface area contributed by atoms with E-state index < -0.39 is 5.82 Å². The van der Waals surface area contributed by atoms with Crippen molar-refractivity contribution in [2.75, 3.05) is 30.0 Å². The molecule has 3 amide bonds. The van der Waals surface area contributed by atoms with Gasteiger partial charge in [0.05, 0.1) is 43.6 Å². The van der Waals surface area contributed by atoms with Crippen LogP contribution in [0.2, 0.25) is 0 Å². The molecule has 184 valence electrons. The van der Waals surface area contributed by atoms with Crippen LogP contribution in [0.4, 0.5) is 20.7 Å². The first-order chi connectivity index (χ1) is 17.0. The fraction of sp³-hybridized carbons (Fsp3) is 0.520. The number of halogens is 1. The molecule has 0 spiro atoms. The van der Waals surface area contributed by atoms with Gasteiger partial charge in [-0.25, -0.2) is 19.2 Å². The Bertz CT molecular complexity index is 1180. The van der Waals surface area contributed by atoms with Gasteiger partial charge in [-0.15, -0.1) is 0 Å². The van der Waals surface area contributed by atoms with Gasteiger partial charge in [0.15, 0.2) is 5.82 Å². The second-order valence-electron chi connectivity index (χ2n) is 9.95. The smallest absolute Gasteiger partial charge is 0.319 e. The highest BCUT2D eigenvalue weighted by Gasteiger charge is 2.38. The first kappa shape index (κ1) is 22.2. The number of benzene rings is 1. The Morgan fingerprint density at radius 3 is 2.69 bits per heavy atom. The molecule has 35 heavy (non-hydrogen) atoms. The third kappa shape index (κ3) is 4.54. The third-order valence-electron chi connectivity index (χ3n) is 7.02. The van der Waals surface area contributed by atoms with Crippen molar-refractivity contribution >= 4 is 23.4 Å². The molecule has 1 aromatic carbocycles. The highest BCUT2D eigenvalue weighted by molar-refractivity contribution is 5.90. The largest absolute Gasteiger partial charge is 0.377 e. The minimum Gasteiger partial charge on any atom is -0.377 e. The lowest BCUT2D eigenvalue weighted by Crippen LogP contribution is -2.44. The lowest BCUT2D eigenvalue weighted by molar-refractivity contribution is -0.133. The summed E-state index contributed by atoms with van der Waals surface area (Å²) < 4.78 is 20.8. The zero-order valence-corrected chi connectivity index (χ0v) is 19.7. The summed E-state index contributed by atoms with van der Waals surface area (Å²) in [5, 5.41) is 5.51. The Labute approximate surface area is 203 Å². The molecule has 2 aliphatic carbocycles. The summed E-state index contributed by atoms with van der Waals surface area (Å²) in [6.45, 7) is 4.79. The number of nitrogens with zero attached hydrogens (tertiary/aromatic N) is 4. The molecule has 2 aromatic rings. The average molecular weight is 481 g/mol. The fourth-order valence-electron chi connectivity index (χ4n) is 4.74. The number of nitrogens with one attached hydrogen (secondary N) is 2. The van der Waals surface area contributed by atoms with Gasteiger partial charge >= 0.3 is 6.03 Å². The van der Waals surface area contributed by atoms with E-state index in [4.69, 9.17) is 14.7 Å². The second kappa shape index (κ2) is 8.75. The van der Waals surface area contributed by atoms with Crippen molar-refractivity contribution in [2.24, 2.45) is 5.92 Å². The number of ether oxygens (including phenoxy) is 1. The van der Waals surface area contributed by atoms with Crippen molar-refractivity contribution in [1.29, 1.82) is 0 Å². The molecule has 10 heteroatoms. The molecule has 2 N–H and O–H groups in total. The van der Waals surface area contributed by atoms with Crippen molar-refractivity contribution in [3.05, 3.63) is 35.3 Å². The van der Waals surface area contributed by atoms with Crippen molar-refractivity contribution in [3.63, 3.8) is 0 Å². The molecule has 6 rings (SSSR count). The predicted molar refractivity (Wildman–Crippen MR) is 127 cm³/mol. The molecule has 4 aliphatic rings. The van der Waals surface area contributed by atoms with Crippen LogP contribution in [0.5, 0.6) is 0 Å².